The van der Waals surface area contributed by atoms with Gasteiger partial charge in [0, 0.05) is 0 Å². The number of nitrogens with zero attached hydrogens (tertiary/aromatic N) is 2. The van der Waals surface area contributed by atoms with Crippen molar-refractivity contribution in [3.05, 3.63) is 25.6 Å². The van der Waals surface area contributed by atoms with Gasteiger partial charge in [0.2, 0.25) is 6.33 Å². The normalized spacial score (nSPS) is 9.92. The summed E-state index contributed by atoms with van der Waals surface area (Å²) in [5, 5.41) is 0. The minimum absolute atomic E-state index is 0. The molecule has 148 valence electrons. The van der Waals surface area contributed by atoms with Crippen LogP contribution in [0.25, 0.3) is 0 Å². The fourth-order valence-corrected chi connectivity index (χ4v) is 1.76. The maximum absolute atomic E-state index is 8.74. The number of unbranched alkanes of at least 4 members (excludes halogenated alkanes) is 6. The van der Waals surface area contributed by atoms with Crippen LogP contribution >= 0.6 is 0 Å². The topological polar surface area (TPSA) is 83.4 Å². The third kappa shape index (κ3) is 29.6. The smallest absolute Gasteiger partial charge is 0.343 e. The van der Waals surface area contributed by atoms with Crippen LogP contribution in [-0.4, -0.2) is 22.1 Å². The average Bonchev–Trinajstić information content (AvgIpc) is 2.86. The Labute approximate surface area is 158 Å². The molecule has 0 saturated carbocycles. The molecule has 1 aromatic rings. The number of aromatic nitrogens is 2. The van der Waals surface area contributed by atoms with Gasteiger partial charge in [0.15, 0.2) is 0 Å². The van der Waals surface area contributed by atoms with Gasteiger partial charge in [-0.1, -0.05) is 52.4 Å². The van der Waals surface area contributed by atoms with Gasteiger partial charge in [0.25, 0.3) is 0 Å². The fourth-order valence-electron chi connectivity index (χ4n) is 1.76. The second-order valence-electron chi connectivity index (χ2n) is 5.39. The van der Waals surface area contributed by atoms with Gasteiger partial charge in [-0.3, -0.25) is 9.11 Å². The first-order valence-corrected chi connectivity index (χ1v) is 9.64. The van der Waals surface area contributed by atoms with Crippen LogP contribution in [0.1, 0.15) is 65.2 Å². The Bertz CT molecular complexity index is 450. The van der Waals surface area contributed by atoms with E-state index in [0.29, 0.717) is 0 Å². The van der Waals surface area contributed by atoms with Crippen molar-refractivity contribution in [3.63, 3.8) is 0 Å². The summed E-state index contributed by atoms with van der Waals surface area (Å²) in [6.07, 6.45) is 16.8. The van der Waals surface area contributed by atoms with Crippen LogP contribution in [0.2, 0.25) is 0 Å². The second kappa shape index (κ2) is 18.9. The first kappa shape index (κ1) is 28.4. The summed E-state index contributed by atoms with van der Waals surface area (Å²) in [6, 6.07) is 0. The summed E-state index contributed by atoms with van der Waals surface area (Å²) in [7, 11) is -2.62. The predicted octanol–water partition coefficient (Wildman–Crippen LogP) is 3.64. The maximum atomic E-state index is 8.74. The number of rotatable bonds is 8. The molecule has 0 aliphatic rings. The number of hydrogen-bond acceptors (Lipinski definition) is 2. The fraction of sp³-hybridized carbons (Fsp3) is 0.750. The Hall–Kier alpha value is -0.401. The molecule has 0 amide bonds. The number of aryl methyl sites for hydroxylation is 2. The van der Waals surface area contributed by atoms with Gasteiger partial charge >= 0.3 is 27.5 Å². The Balaban J connectivity index is -0.000000286. The standard InChI is InChI=1S/C8H15N2.C8H17.Cu.H2O4S/c1-3-4-5-10-7-6-9(2)8-10;1-3-5-7-8-6-4-2;;1-5(2,3)4/h6-8H,3-5H2,1-2H3;1,3-8H2,2H3;;(H2,1,2,3,4)/q+1;-1;+1;. The van der Waals surface area contributed by atoms with E-state index in [2.05, 4.69) is 48.6 Å². The monoisotopic (exact) mass is 413 g/mol. The van der Waals surface area contributed by atoms with Crippen molar-refractivity contribution >= 4 is 10.4 Å². The molecule has 6 nitrogen and oxygen atoms in total. The van der Waals surface area contributed by atoms with Crippen LogP contribution in [0.3, 0.4) is 0 Å². The van der Waals surface area contributed by atoms with Crippen molar-refractivity contribution in [2.24, 2.45) is 7.05 Å². The summed E-state index contributed by atoms with van der Waals surface area (Å²) in [6.45, 7) is 9.39. The van der Waals surface area contributed by atoms with Gasteiger partial charge in [-0.05, 0) is 6.42 Å². The summed E-state index contributed by atoms with van der Waals surface area (Å²) >= 11 is 0. The van der Waals surface area contributed by atoms with E-state index in [4.69, 9.17) is 17.5 Å². The third-order valence-corrected chi connectivity index (χ3v) is 2.95. The number of imidazole rings is 1. The zero-order chi connectivity index (χ0) is 18.1. The molecule has 1 rings (SSSR count). The molecule has 0 atom stereocenters. The van der Waals surface area contributed by atoms with E-state index in [-0.39, 0.29) is 17.1 Å². The summed E-state index contributed by atoms with van der Waals surface area (Å²) in [5.74, 6) is 0. The molecule has 2 N–H and O–H groups in total. The Morgan fingerprint density at radius 2 is 1.54 bits per heavy atom. The second-order valence-corrected chi connectivity index (χ2v) is 6.28. The van der Waals surface area contributed by atoms with Gasteiger partial charge in [-0.2, -0.15) is 14.8 Å². The molecule has 0 spiro atoms. The van der Waals surface area contributed by atoms with Crippen molar-refractivity contribution < 1.29 is 39.2 Å². The van der Waals surface area contributed by atoms with Gasteiger partial charge < -0.3 is 6.92 Å². The van der Waals surface area contributed by atoms with Crippen LogP contribution in [0.4, 0.5) is 0 Å². The van der Waals surface area contributed by atoms with E-state index in [1.807, 2.05) is 7.05 Å². The van der Waals surface area contributed by atoms with Crippen molar-refractivity contribution in [2.75, 3.05) is 0 Å². The van der Waals surface area contributed by atoms with E-state index < -0.39 is 10.4 Å². The molecule has 1 aromatic heterocycles. The molecule has 0 saturated heterocycles. The predicted molar refractivity (Wildman–Crippen MR) is 93.4 cm³/mol. The summed E-state index contributed by atoms with van der Waals surface area (Å²) < 4.78 is 35.9. The van der Waals surface area contributed by atoms with Gasteiger partial charge in [0.1, 0.15) is 12.4 Å². The van der Waals surface area contributed by atoms with Crippen LogP contribution in [0, 0.1) is 6.92 Å². The summed E-state index contributed by atoms with van der Waals surface area (Å²) in [4.78, 5) is 0. The van der Waals surface area contributed by atoms with E-state index in [9.17, 15) is 0 Å². The third-order valence-electron chi connectivity index (χ3n) is 2.95. The molecule has 24 heavy (non-hydrogen) atoms. The Kier molecular flexibility index (Phi) is 22.4. The molecule has 0 unspecified atom stereocenters. The van der Waals surface area contributed by atoms with Crippen LogP contribution in [0.5, 0.6) is 0 Å². The average molecular weight is 414 g/mol. The largest absolute Gasteiger partial charge is 1.00 e. The van der Waals surface area contributed by atoms with Gasteiger partial charge in [0.05, 0.1) is 13.6 Å². The van der Waals surface area contributed by atoms with Gasteiger partial charge in [-0.15, -0.1) is 0 Å². The molecule has 0 radical (unpaired) electrons. The van der Waals surface area contributed by atoms with Crippen molar-refractivity contribution in [2.45, 2.75) is 71.8 Å². The van der Waals surface area contributed by atoms with Crippen molar-refractivity contribution in [1.29, 1.82) is 0 Å². The van der Waals surface area contributed by atoms with E-state index in [1.54, 1.807) is 0 Å². The van der Waals surface area contributed by atoms with Crippen LogP contribution in [-0.2, 0) is 41.1 Å². The molecule has 0 aliphatic carbocycles. The molecule has 8 heteroatoms. The first-order chi connectivity index (χ1) is 10.7. The Morgan fingerprint density at radius 1 is 1.04 bits per heavy atom. The van der Waals surface area contributed by atoms with E-state index in [1.165, 1.54) is 44.9 Å². The van der Waals surface area contributed by atoms with Crippen LogP contribution in [0.15, 0.2) is 18.7 Å². The zero-order valence-electron chi connectivity index (χ0n) is 15.1. The minimum Gasteiger partial charge on any atom is -0.343 e. The maximum Gasteiger partial charge on any atom is 1.00 e. The zero-order valence-corrected chi connectivity index (χ0v) is 16.9. The van der Waals surface area contributed by atoms with Crippen LogP contribution < -0.4 is 4.57 Å². The van der Waals surface area contributed by atoms with Crippen molar-refractivity contribution in [3.8, 4) is 0 Å². The van der Waals surface area contributed by atoms with E-state index >= 15 is 0 Å². The van der Waals surface area contributed by atoms with Gasteiger partial charge in [-0.25, -0.2) is 9.13 Å². The van der Waals surface area contributed by atoms with E-state index in [0.717, 1.165) is 13.0 Å². The molecular weight excluding hydrogens is 380 g/mol. The SMILES string of the molecule is CCCCn1cc[n+](C)c1.O=S(=O)(O)O.[CH2-]CCCCCCC.[Cu+]. The van der Waals surface area contributed by atoms with Crippen molar-refractivity contribution in [1.82, 2.24) is 4.57 Å². The minimum atomic E-state index is -4.67. The molecule has 0 aromatic carbocycles. The number of hydrogen-bond donors (Lipinski definition) is 2. The first-order valence-electron chi connectivity index (χ1n) is 8.24. The molecule has 0 bridgehead atoms. The quantitative estimate of drug-likeness (QED) is 0.224. The molecule has 0 fully saturated rings. The molecule has 1 heterocycles. The Morgan fingerprint density at radius 3 is 1.92 bits per heavy atom. The summed E-state index contributed by atoms with van der Waals surface area (Å²) in [5.41, 5.74) is 0. The molecular formula is C16H34CuN2O4S+. The molecule has 0 aliphatic heterocycles.